The first-order valence-electron chi connectivity index (χ1n) is 3.22. The highest BCUT2D eigenvalue weighted by Crippen LogP contribution is 2.19. The minimum Gasteiger partial charge on any atom is -0.270 e. The van der Waals surface area contributed by atoms with Gasteiger partial charge in [0.05, 0.1) is 6.20 Å². The van der Waals surface area contributed by atoms with Gasteiger partial charge >= 0.3 is 0 Å². The fourth-order valence-corrected chi connectivity index (χ4v) is 0.999. The van der Waals surface area contributed by atoms with E-state index < -0.39 is 0 Å². The molecule has 54 valence electrons. The highest BCUT2D eigenvalue weighted by atomic mass is 16.2. The molecule has 0 aromatic rings. The van der Waals surface area contributed by atoms with Crippen LogP contribution < -0.4 is 0 Å². The van der Waals surface area contributed by atoms with Crippen LogP contribution in [-0.2, 0) is 4.79 Å². The number of amides is 1. The van der Waals surface area contributed by atoms with E-state index >= 15 is 0 Å². The zero-order valence-electron chi connectivity index (χ0n) is 5.64. The minimum absolute atomic E-state index is 0.240. The number of carbonyl (C=O) groups is 1. The molecule has 2 aliphatic rings. The Bertz CT molecular complexity index is 312. The molecule has 1 amide bonds. The number of allylic oxidation sites excluding steroid dienone is 1. The van der Waals surface area contributed by atoms with Crippen LogP contribution in [0.1, 0.15) is 0 Å². The number of hydrogen-bond donors (Lipinski definition) is 0. The maximum Gasteiger partial charge on any atom is 0.277 e. The van der Waals surface area contributed by atoms with Crippen LogP contribution >= 0.6 is 0 Å². The molecule has 4 nitrogen and oxygen atoms in total. The average molecular weight is 147 g/mol. The smallest absolute Gasteiger partial charge is 0.270 e. The third kappa shape index (κ3) is 0.920. The van der Waals surface area contributed by atoms with Crippen molar-refractivity contribution < 1.29 is 4.79 Å². The van der Waals surface area contributed by atoms with E-state index in [1.54, 1.807) is 24.7 Å². The van der Waals surface area contributed by atoms with E-state index in [-0.39, 0.29) is 11.8 Å². The Labute approximate surface area is 63.0 Å². The van der Waals surface area contributed by atoms with Gasteiger partial charge in [-0.3, -0.25) is 9.79 Å². The van der Waals surface area contributed by atoms with Crippen molar-refractivity contribution in [1.29, 1.82) is 0 Å². The number of aliphatic imine (C=N–C) groups is 1. The molecule has 0 fully saturated rings. The number of carbonyl (C=O) groups excluding carboxylic acids is 1. The summed E-state index contributed by atoms with van der Waals surface area (Å²) in [7, 11) is 0. The summed E-state index contributed by atoms with van der Waals surface area (Å²) in [4.78, 5) is 14.8. The molecule has 2 aliphatic heterocycles. The predicted octanol–water partition coefficient (Wildman–Crippen LogP) is 1.08. The van der Waals surface area contributed by atoms with Crippen LogP contribution in [0.15, 0.2) is 39.3 Å². The van der Waals surface area contributed by atoms with E-state index in [1.165, 1.54) is 0 Å². The summed E-state index contributed by atoms with van der Waals surface area (Å²) >= 11 is 0. The van der Waals surface area contributed by atoms with E-state index in [4.69, 9.17) is 0 Å². The quantitative estimate of drug-likeness (QED) is 0.505. The highest BCUT2D eigenvalue weighted by molar-refractivity contribution is 5.98. The van der Waals surface area contributed by atoms with Crippen LogP contribution in [0.25, 0.3) is 0 Å². The summed E-state index contributed by atoms with van der Waals surface area (Å²) in [6, 6.07) is 0. The molecule has 2 heterocycles. The largest absolute Gasteiger partial charge is 0.277 e. The van der Waals surface area contributed by atoms with E-state index in [2.05, 4.69) is 15.2 Å². The van der Waals surface area contributed by atoms with Gasteiger partial charge in [0.1, 0.15) is 5.92 Å². The molecule has 0 aromatic carbocycles. The zero-order chi connectivity index (χ0) is 7.68. The second-order valence-corrected chi connectivity index (χ2v) is 2.27. The zero-order valence-corrected chi connectivity index (χ0v) is 5.64. The van der Waals surface area contributed by atoms with Crippen molar-refractivity contribution in [3.8, 4) is 0 Å². The van der Waals surface area contributed by atoms with E-state index in [9.17, 15) is 4.79 Å². The van der Waals surface area contributed by atoms with Gasteiger partial charge in [-0.25, -0.2) is 0 Å². The molecule has 0 radical (unpaired) electrons. The van der Waals surface area contributed by atoms with Crippen LogP contribution in [0.5, 0.6) is 0 Å². The standard InChI is InChI=1S/C7H5N3O/c11-7-6-4-8-2-1-5(6)3-9-10-7/h1-4,6H. The molecule has 0 saturated heterocycles. The molecule has 2 rings (SSSR count). The van der Waals surface area contributed by atoms with E-state index in [0.29, 0.717) is 0 Å². The molecule has 1 atom stereocenters. The third-order valence-electron chi connectivity index (χ3n) is 1.58. The molecule has 0 spiro atoms. The lowest BCUT2D eigenvalue weighted by Gasteiger charge is -2.12. The molecule has 11 heavy (non-hydrogen) atoms. The number of azo groups is 1. The van der Waals surface area contributed by atoms with Crippen molar-refractivity contribution in [2.24, 2.45) is 21.1 Å². The van der Waals surface area contributed by atoms with Crippen LogP contribution in [0.2, 0.25) is 0 Å². The number of rotatable bonds is 0. The Hall–Kier alpha value is -1.58. The Kier molecular flexibility index (Phi) is 1.25. The van der Waals surface area contributed by atoms with Gasteiger partial charge in [-0.05, 0) is 11.6 Å². The monoisotopic (exact) mass is 147 g/mol. The van der Waals surface area contributed by atoms with Crippen LogP contribution in [0.4, 0.5) is 0 Å². The SMILES string of the molecule is O=C1N=NC=C2C=CN=CC12. The third-order valence-corrected chi connectivity index (χ3v) is 1.58. The fourth-order valence-electron chi connectivity index (χ4n) is 0.999. The molecule has 0 aromatic heterocycles. The van der Waals surface area contributed by atoms with Crippen LogP contribution in [0.3, 0.4) is 0 Å². The van der Waals surface area contributed by atoms with Gasteiger partial charge in [0.2, 0.25) is 0 Å². The van der Waals surface area contributed by atoms with Crippen molar-refractivity contribution in [2.75, 3.05) is 0 Å². The Balaban J connectivity index is 2.43. The van der Waals surface area contributed by atoms with Gasteiger partial charge in [0.15, 0.2) is 0 Å². The lowest BCUT2D eigenvalue weighted by molar-refractivity contribution is -0.119. The molecule has 0 N–H and O–H groups in total. The van der Waals surface area contributed by atoms with Crippen molar-refractivity contribution in [3.63, 3.8) is 0 Å². The van der Waals surface area contributed by atoms with Crippen LogP contribution in [0, 0.1) is 5.92 Å². The van der Waals surface area contributed by atoms with Gasteiger partial charge in [-0.1, -0.05) is 0 Å². The Morgan fingerprint density at radius 1 is 1.45 bits per heavy atom. The summed E-state index contributed by atoms with van der Waals surface area (Å²) in [5.41, 5.74) is 0.861. The van der Waals surface area contributed by atoms with Gasteiger partial charge in [-0.2, -0.15) is 5.11 Å². The highest BCUT2D eigenvalue weighted by Gasteiger charge is 2.23. The predicted molar refractivity (Wildman–Crippen MR) is 39.1 cm³/mol. The number of nitrogens with zero attached hydrogens (tertiary/aromatic N) is 3. The van der Waals surface area contributed by atoms with Crippen molar-refractivity contribution in [1.82, 2.24) is 0 Å². The van der Waals surface area contributed by atoms with Gasteiger partial charge in [-0.15, -0.1) is 5.11 Å². The minimum atomic E-state index is -0.294. The second-order valence-electron chi connectivity index (χ2n) is 2.27. The van der Waals surface area contributed by atoms with Crippen molar-refractivity contribution in [3.05, 3.63) is 24.0 Å². The molecule has 0 bridgehead atoms. The summed E-state index contributed by atoms with van der Waals surface area (Å²) in [5.74, 6) is -0.534. The summed E-state index contributed by atoms with van der Waals surface area (Å²) in [5, 5.41) is 6.94. The topological polar surface area (TPSA) is 54.1 Å². The summed E-state index contributed by atoms with van der Waals surface area (Å²) in [6.07, 6.45) is 6.55. The van der Waals surface area contributed by atoms with E-state index in [1.807, 2.05) is 0 Å². The normalized spacial score (nSPS) is 26.7. The molecule has 1 unspecified atom stereocenters. The second kappa shape index (κ2) is 2.23. The lowest BCUT2D eigenvalue weighted by Crippen LogP contribution is -2.18. The van der Waals surface area contributed by atoms with Crippen molar-refractivity contribution in [2.45, 2.75) is 0 Å². The first kappa shape index (κ1) is 6.15. The molecular weight excluding hydrogens is 142 g/mol. The Morgan fingerprint density at radius 2 is 2.36 bits per heavy atom. The summed E-state index contributed by atoms with van der Waals surface area (Å²) in [6.45, 7) is 0. The average Bonchev–Trinajstić information content (AvgIpc) is 2.06. The molecular formula is C7H5N3O. The summed E-state index contributed by atoms with van der Waals surface area (Å²) < 4.78 is 0. The number of hydrogen-bond acceptors (Lipinski definition) is 3. The van der Waals surface area contributed by atoms with Crippen LogP contribution in [-0.4, -0.2) is 12.1 Å². The van der Waals surface area contributed by atoms with Crippen molar-refractivity contribution >= 4 is 12.1 Å². The Morgan fingerprint density at radius 3 is 3.18 bits per heavy atom. The van der Waals surface area contributed by atoms with Gasteiger partial charge in [0, 0.05) is 12.4 Å². The molecule has 0 saturated carbocycles. The lowest BCUT2D eigenvalue weighted by atomic mass is 9.98. The van der Waals surface area contributed by atoms with Gasteiger partial charge < -0.3 is 0 Å². The maximum atomic E-state index is 11.0. The fraction of sp³-hybridized carbons (Fsp3) is 0.143. The first-order chi connectivity index (χ1) is 5.38. The molecule has 4 heteroatoms. The molecule has 0 aliphatic carbocycles. The number of fused-ring (bicyclic) bond motifs is 1. The maximum absolute atomic E-state index is 11.0. The first-order valence-corrected chi connectivity index (χ1v) is 3.22. The van der Waals surface area contributed by atoms with E-state index in [0.717, 1.165) is 5.57 Å². The van der Waals surface area contributed by atoms with Gasteiger partial charge in [0.25, 0.3) is 5.91 Å².